The van der Waals surface area contributed by atoms with E-state index in [9.17, 15) is 9.18 Å². The highest BCUT2D eigenvalue weighted by Gasteiger charge is 2.28. The zero-order valence-corrected chi connectivity index (χ0v) is 12.1. The molecule has 0 spiro atoms. The Balaban J connectivity index is 1.63. The van der Waals surface area contributed by atoms with Crippen LogP contribution in [-0.2, 0) is 6.54 Å². The molecule has 3 aromatic rings. The fraction of sp³-hybridized carbons (Fsp3) is 0.250. The average Bonchev–Trinajstić information content (AvgIpc) is 3.30. The molecule has 1 aliphatic rings. The number of halogens is 1. The van der Waals surface area contributed by atoms with Crippen LogP contribution >= 0.6 is 0 Å². The van der Waals surface area contributed by atoms with Crippen molar-refractivity contribution in [3.8, 4) is 11.3 Å². The van der Waals surface area contributed by atoms with E-state index in [2.05, 4.69) is 15.2 Å². The Morgan fingerprint density at radius 3 is 2.70 bits per heavy atom. The third kappa shape index (κ3) is 2.90. The predicted octanol–water partition coefficient (Wildman–Crippen LogP) is 2.36. The van der Waals surface area contributed by atoms with Gasteiger partial charge in [0.25, 0.3) is 5.56 Å². The van der Waals surface area contributed by atoms with E-state index < -0.39 is 0 Å². The van der Waals surface area contributed by atoms with Crippen LogP contribution in [0.25, 0.3) is 11.3 Å². The molecular formula is C16H13FN4O2. The van der Waals surface area contributed by atoms with Gasteiger partial charge in [-0.1, -0.05) is 5.16 Å². The summed E-state index contributed by atoms with van der Waals surface area (Å²) in [4.78, 5) is 16.3. The zero-order chi connectivity index (χ0) is 15.8. The molecule has 0 atom stereocenters. The van der Waals surface area contributed by atoms with Crippen LogP contribution < -0.4 is 5.56 Å². The van der Waals surface area contributed by atoms with E-state index in [1.165, 1.54) is 22.9 Å². The lowest BCUT2D eigenvalue weighted by atomic mass is 10.1. The van der Waals surface area contributed by atoms with Gasteiger partial charge in [-0.15, -0.1) is 0 Å². The SMILES string of the molecule is O=c1ccc(-c2ccc(F)cc2)nn1Cc1nc(C2CC2)no1. The molecule has 23 heavy (non-hydrogen) atoms. The Bertz CT molecular complexity index is 897. The van der Waals surface area contributed by atoms with Crippen molar-refractivity contribution >= 4 is 0 Å². The number of nitrogens with zero attached hydrogens (tertiary/aromatic N) is 4. The van der Waals surface area contributed by atoms with Gasteiger partial charge in [0.05, 0.1) is 5.69 Å². The summed E-state index contributed by atoms with van der Waals surface area (Å²) in [6.45, 7) is 0.119. The van der Waals surface area contributed by atoms with Gasteiger partial charge in [0.2, 0.25) is 5.89 Å². The van der Waals surface area contributed by atoms with Gasteiger partial charge in [0.15, 0.2) is 5.82 Å². The van der Waals surface area contributed by atoms with Crippen molar-refractivity contribution in [3.05, 3.63) is 64.3 Å². The van der Waals surface area contributed by atoms with E-state index >= 15 is 0 Å². The third-order valence-corrected chi connectivity index (χ3v) is 3.72. The Morgan fingerprint density at radius 2 is 1.96 bits per heavy atom. The van der Waals surface area contributed by atoms with Gasteiger partial charge >= 0.3 is 0 Å². The highest BCUT2D eigenvalue weighted by Crippen LogP contribution is 2.38. The number of hydrogen-bond donors (Lipinski definition) is 0. The maximum absolute atomic E-state index is 13.0. The molecule has 1 aliphatic carbocycles. The molecule has 2 heterocycles. The van der Waals surface area contributed by atoms with E-state index in [0.717, 1.165) is 18.4 Å². The highest BCUT2D eigenvalue weighted by molar-refractivity contribution is 5.57. The first-order chi connectivity index (χ1) is 11.2. The largest absolute Gasteiger partial charge is 0.337 e. The molecule has 0 N–H and O–H groups in total. The van der Waals surface area contributed by atoms with Crippen molar-refractivity contribution in [1.82, 2.24) is 19.9 Å². The summed E-state index contributed by atoms with van der Waals surface area (Å²) in [6, 6.07) is 8.97. The summed E-state index contributed by atoms with van der Waals surface area (Å²) >= 11 is 0. The van der Waals surface area contributed by atoms with Crippen LogP contribution in [0.15, 0.2) is 45.7 Å². The molecule has 1 fully saturated rings. The first kappa shape index (κ1) is 13.8. The van der Waals surface area contributed by atoms with Gasteiger partial charge in [0.1, 0.15) is 12.4 Å². The Hall–Kier alpha value is -2.83. The van der Waals surface area contributed by atoms with Crippen LogP contribution in [0.4, 0.5) is 4.39 Å². The first-order valence-electron chi connectivity index (χ1n) is 7.35. The third-order valence-electron chi connectivity index (χ3n) is 3.72. The number of benzene rings is 1. The molecule has 1 aromatic carbocycles. The van der Waals surface area contributed by atoms with Crippen molar-refractivity contribution in [2.75, 3.05) is 0 Å². The van der Waals surface area contributed by atoms with Gasteiger partial charge in [-0.05, 0) is 43.2 Å². The van der Waals surface area contributed by atoms with Gasteiger partial charge < -0.3 is 4.52 Å². The smallest absolute Gasteiger partial charge is 0.267 e. The summed E-state index contributed by atoms with van der Waals surface area (Å²) in [7, 11) is 0. The lowest BCUT2D eigenvalue weighted by Crippen LogP contribution is -2.23. The monoisotopic (exact) mass is 312 g/mol. The minimum Gasteiger partial charge on any atom is -0.337 e. The van der Waals surface area contributed by atoms with Gasteiger partial charge in [-0.25, -0.2) is 9.07 Å². The maximum atomic E-state index is 13.0. The minimum atomic E-state index is -0.319. The fourth-order valence-electron chi connectivity index (χ4n) is 2.30. The molecule has 1 saturated carbocycles. The molecule has 0 unspecified atom stereocenters. The molecule has 0 bridgehead atoms. The normalized spacial score (nSPS) is 14.1. The molecule has 2 aromatic heterocycles. The Kier molecular flexibility index (Phi) is 3.25. The van der Waals surface area contributed by atoms with Crippen molar-refractivity contribution in [1.29, 1.82) is 0 Å². The number of aromatic nitrogens is 4. The molecule has 4 rings (SSSR count). The van der Waals surface area contributed by atoms with E-state index in [1.54, 1.807) is 18.2 Å². The standard InChI is InChI=1S/C16H13FN4O2/c17-12-5-3-10(4-6-12)13-7-8-15(22)21(19-13)9-14-18-16(20-23-14)11-1-2-11/h3-8,11H,1-2,9H2. The summed E-state index contributed by atoms with van der Waals surface area (Å²) in [6.07, 6.45) is 2.16. The zero-order valence-electron chi connectivity index (χ0n) is 12.1. The predicted molar refractivity (Wildman–Crippen MR) is 79.3 cm³/mol. The van der Waals surface area contributed by atoms with Crippen molar-refractivity contribution in [2.45, 2.75) is 25.3 Å². The highest BCUT2D eigenvalue weighted by atomic mass is 19.1. The van der Waals surface area contributed by atoms with Crippen molar-refractivity contribution in [3.63, 3.8) is 0 Å². The van der Waals surface area contributed by atoms with Crippen LogP contribution in [0.1, 0.15) is 30.5 Å². The summed E-state index contributed by atoms with van der Waals surface area (Å²) in [5.41, 5.74) is 1.04. The average molecular weight is 312 g/mol. The molecule has 0 saturated heterocycles. The lowest BCUT2D eigenvalue weighted by Gasteiger charge is -2.05. The molecule has 116 valence electrons. The molecule has 6 nitrogen and oxygen atoms in total. The van der Waals surface area contributed by atoms with Crippen molar-refractivity contribution in [2.24, 2.45) is 0 Å². The second-order valence-electron chi connectivity index (χ2n) is 5.54. The first-order valence-corrected chi connectivity index (χ1v) is 7.35. The summed E-state index contributed by atoms with van der Waals surface area (Å²) in [5, 5.41) is 8.21. The topological polar surface area (TPSA) is 73.8 Å². The Labute approximate surface area is 130 Å². The Morgan fingerprint density at radius 1 is 1.17 bits per heavy atom. The van der Waals surface area contributed by atoms with E-state index in [1.807, 2.05) is 0 Å². The molecular weight excluding hydrogens is 299 g/mol. The van der Waals surface area contributed by atoms with Crippen LogP contribution in [0.2, 0.25) is 0 Å². The van der Waals surface area contributed by atoms with E-state index in [4.69, 9.17) is 4.52 Å². The molecule has 7 heteroatoms. The van der Waals surface area contributed by atoms with Gasteiger partial charge in [-0.2, -0.15) is 10.1 Å². The lowest BCUT2D eigenvalue weighted by molar-refractivity contribution is 0.359. The van der Waals surface area contributed by atoms with Gasteiger partial charge in [0, 0.05) is 17.5 Å². The summed E-state index contributed by atoms with van der Waals surface area (Å²) in [5.74, 6) is 1.13. The number of hydrogen-bond acceptors (Lipinski definition) is 5. The number of rotatable bonds is 4. The van der Waals surface area contributed by atoms with Gasteiger partial charge in [-0.3, -0.25) is 4.79 Å². The molecule has 0 amide bonds. The van der Waals surface area contributed by atoms with Crippen molar-refractivity contribution < 1.29 is 8.91 Å². The van der Waals surface area contributed by atoms with E-state index in [0.29, 0.717) is 23.3 Å². The fourth-order valence-corrected chi connectivity index (χ4v) is 2.30. The van der Waals surface area contributed by atoms with Crippen LogP contribution in [0.5, 0.6) is 0 Å². The maximum Gasteiger partial charge on any atom is 0.267 e. The second-order valence-corrected chi connectivity index (χ2v) is 5.54. The van der Waals surface area contributed by atoms with Crippen LogP contribution in [0, 0.1) is 5.82 Å². The van der Waals surface area contributed by atoms with Crippen LogP contribution in [-0.4, -0.2) is 19.9 Å². The minimum absolute atomic E-state index is 0.119. The molecule has 0 aliphatic heterocycles. The second kappa shape index (κ2) is 5.42. The molecule has 0 radical (unpaired) electrons. The van der Waals surface area contributed by atoms with Crippen LogP contribution in [0.3, 0.4) is 0 Å². The quantitative estimate of drug-likeness (QED) is 0.739. The summed E-state index contributed by atoms with van der Waals surface area (Å²) < 4.78 is 19.4. The van der Waals surface area contributed by atoms with E-state index in [-0.39, 0.29) is 17.9 Å².